The van der Waals surface area contributed by atoms with Crippen LogP contribution >= 0.6 is 11.8 Å². The lowest BCUT2D eigenvalue weighted by molar-refractivity contribution is 0.0642. The summed E-state index contributed by atoms with van der Waals surface area (Å²) in [4.78, 5) is 13.7. The highest BCUT2D eigenvalue weighted by Crippen LogP contribution is 2.45. The van der Waals surface area contributed by atoms with Crippen LogP contribution < -0.4 is 9.62 Å². The van der Waals surface area contributed by atoms with E-state index in [4.69, 9.17) is 4.74 Å². The van der Waals surface area contributed by atoms with Gasteiger partial charge in [-0.3, -0.25) is 9.10 Å². The molecule has 178 valence electrons. The molecule has 0 saturated carbocycles. The molecule has 2 aromatic carbocycles. The zero-order valence-electron chi connectivity index (χ0n) is 18.8. The molecule has 1 N–H and O–H groups in total. The molecule has 2 heterocycles. The summed E-state index contributed by atoms with van der Waals surface area (Å²) >= 11 is 1.60. The van der Waals surface area contributed by atoms with Crippen molar-refractivity contribution in [1.82, 2.24) is 5.32 Å². The predicted molar refractivity (Wildman–Crippen MR) is 128 cm³/mol. The van der Waals surface area contributed by atoms with E-state index in [9.17, 15) is 17.6 Å². The second-order valence-corrected chi connectivity index (χ2v) is 12.7. The number of nitrogens with one attached hydrogen (secondary N) is 1. The van der Waals surface area contributed by atoms with Crippen LogP contribution in [0.15, 0.2) is 52.3 Å². The van der Waals surface area contributed by atoms with Gasteiger partial charge in [0.15, 0.2) is 0 Å². The molecule has 0 radical (unpaired) electrons. The van der Waals surface area contributed by atoms with Crippen LogP contribution in [0.25, 0.3) is 0 Å². The number of carbonyl (C=O) groups is 1. The Bertz CT molecular complexity index is 1110. The molecule has 1 fully saturated rings. The fraction of sp³-hybridized carbons (Fsp3) is 0.458. The Balaban J connectivity index is 1.65. The first-order chi connectivity index (χ1) is 15.7. The number of amides is 1. The van der Waals surface area contributed by atoms with Gasteiger partial charge in [-0.15, -0.1) is 11.8 Å². The molecular formula is C24H29FN2O4S2. The first-order valence-corrected chi connectivity index (χ1v) is 13.4. The molecule has 0 atom stereocenters. The van der Waals surface area contributed by atoms with Gasteiger partial charge in [-0.2, -0.15) is 0 Å². The Morgan fingerprint density at radius 3 is 2.58 bits per heavy atom. The SMILES string of the molecule is CC1(C)CCN(S(=O)(=O)c2ccc(F)cc2)c2cc(C(=O)NCC3CCOCC3)ccc2S1. The summed E-state index contributed by atoms with van der Waals surface area (Å²) in [5.41, 5.74) is 0.897. The molecule has 0 aromatic heterocycles. The first-order valence-electron chi connectivity index (χ1n) is 11.1. The Morgan fingerprint density at radius 2 is 1.88 bits per heavy atom. The zero-order chi connectivity index (χ0) is 23.6. The van der Waals surface area contributed by atoms with Crippen molar-refractivity contribution in [2.24, 2.45) is 5.92 Å². The van der Waals surface area contributed by atoms with Gasteiger partial charge in [-0.05, 0) is 67.6 Å². The minimum atomic E-state index is -3.93. The molecule has 6 nitrogen and oxygen atoms in total. The van der Waals surface area contributed by atoms with Gasteiger partial charge in [0.25, 0.3) is 15.9 Å². The summed E-state index contributed by atoms with van der Waals surface area (Å²) in [6, 6.07) is 10.1. The fourth-order valence-electron chi connectivity index (χ4n) is 4.05. The molecule has 33 heavy (non-hydrogen) atoms. The second-order valence-electron chi connectivity index (χ2n) is 9.09. The van der Waals surface area contributed by atoms with Crippen LogP contribution in [0.2, 0.25) is 0 Å². The molecule has 0 spiro atoms. The lowest BCUT2D eigenvalue weighted by Crippen LogP contribution is -2.34. The van der Waals surface area contributed by atoms with Crippen molar-refractivity contribution in [2.75, 3.05) is 30.6 Å². The highest BCUT2D eigenvalue weighted by atomic mass is 32.2. The van der Waals surface area contributed by atoms with E-state index in [1.54, 1.807) is 23.9 Å². The van der Waals surface area contributed by atoms with Crippen LogP contribution in [-0.4, -0.2) is 45.4 Å². The number of thioether (sulfide) groups is 1. The van der Waals surface area contributed by atoms with Crippen molar-refractivity contribution >= 4 is 33.4 Å². The third-order valence-electron chi connectivity index (χ3n) is 6.09. The molecule has 1 saturated heterocycles. The number of nitrogens with zero attached hydrogens (tertiary/aromatic N) is 1. The summed E-state index contributed by atoms with van der Waals surface area (Å²) in [5.74, 6) is -0.336. The number of hydrogen-bond acceptors (Lipinski definition) is 5. The smallest absolute Gasteiger partial charge is 0.264 e. The van der Waals surface area contributed by atoms with E-state index in [2.05, 4.69) is 19.2 Å². The normalized spacial score (nSPS) is 18.9. The van der Waals surface area contributed by atoms with Gasteiger partial charge < -0.3 is 10.1 Å². The average Bonchev–Trinajstić information content (AvgIpc) is 2.93. The largest absolute Gasteiger partial charge is 0.381 e. The summed E-state index contributed by atoms with van der Waals surface area (Å²) < 4.78 is 47.0. The summed E-state index contributed by atoms with van der Waals surface area (Å²) in [7, 11) is -3.93. The van der Waals surface area contributed by atoms with Crippen molar-refractivity contribution in [3.63, 3.8) is 0 Å². The number of benzene rings is 2. The van der Waals surface area contributed by atoms with E-state index in [0.717, 1.165) is 29.9 Å². The van der Waals surface area contributed by atoms with E-state index in [1.165, 1.54) is 16.4 Å². The van der Waals surface area contributed by atoms with Crippen molar-refractivity contribution in [1.29, 1.82) is 0 Å². The fourth-order valence-corrected chi connectivity index (χ4v) is 6.79. The number of anilines is 1. The number of carbonyl (C=O) groups excluding carboxylic acids is 1. The van der Waals surface area contributed by atoms with Crippen LogP contribution in [0.1, 0.15) is 43.5 Å². The molecule has 2 aliphatic rings. The molecule has 0 unspecified atom stereocenters. The molecule has 0 bridgehead atoms. The minimum absolute atomic E-state index is 0.0222. The van der Waals surface area contributed by atoms with Crippen LogP contribution in [0.5, 0.6) is 0 Å². The van der Waals surface area contributed by atoms with Crippen molar-refractivity contribution in [3.05, 3.63) is 53.8 Å². The Kier molecular flexibility index (Phi) is 7.02. The zero-order valence-corrected chi connectivity index (χ0v) is 20.5. The second kappa shape index (κ2) is 9.64. The van der Waals surface area contributed by atoms with Crippen LogP contribution in [0.4, 0.5) is 10.1 Å². The third-order valence-corrected chi connectivity index (χ3v) is 9.24. The van der Waals surface area contributed by atoms with E-state index in [-0.39, 0.29) is 22.1 Å². The first kappa shape index (κ1) is 24.0. The number of halogens is 1. The topological polar surface area (TPSA) is 75.7 Å². The lowest BCUT2D eigenvalue weighted by atomic mass is 10.0. The lowest BCUT2D eigenvalue weighted by Gasteiger charge is -2.25. The quantitative estimate of drug-likeness (QED) is 0.667. The number of sulfonamides is 1. The highest BCUT2D eigenvalue weighted by Gasteiger charge is 2.34. The molecule has 4 rings (SSSR count). The summed E-state index contributed by atoms with van der Waals surface area (Å²) in [5, 5.41) is 2.99. The van der Waals surface area contributed by atoms with Crippen molar-refractivity contribution in [3.8, 4) is 0 Å². The van der Waals surface area contributed by atoms with Gasteiger partial charge in [0.2, 0.25) is 0 Å². The minimum Gasteiger partial charge on any atom is -0.381 e. The van der Waals surface area contributed by atoms with E-state index in [1.807, 2.05) is 6.07 Å². The van der Waals surface area contributed by atoms with Crippen molar-refractivity contribution < 1.29 is 22.3 Å². The molecule has 1 amide bonds. The summed E-state index contributed by atoms with van der Waals surface area (Å²) in [6.45, 7) is 6.40. The standard InChI is InChI=1S/C24H29FN2O4S2/c1-24(2)11-12-27(33(29,30)20-6-4-19(25)5-7-20)21-15-18(3-8-22(21)32-24)23(28)26-16-17-9-13-31-14-10-17/h3-8,15,17H,9-14,16H2,1-2H3,(H,26,28). The number of hydrogen-bond donors (Lipinski definition) is 1. The number of ether oxygens (including phenoxy) is 1. The average molecular weight is 493 g/mol. The molecule has 0 aliphatic carbocycles. The Hall–Kier alpha value is -2.10. The van der Waals surface area contributed by atoms with Gasteiger partial charge in [-0.1, -0.05) is 13.8 Å². The van der Waals surface area contributed by atoms with E-state index >= 15 is 0 Å². The molecule has 2 aliphatic heterocycles. The van der Waals surface area contributed by atoms with E-state index < -0.39 is 15.8 Å². The number of fused-ring (bicyclic) bond motifs is 1. The number of rotatable bonds is 5. The van der Waals surface area contributed by atoms with Gasteiger partial charge in [0.05, 0.1) is 10.6 Å². The predicted octanol–water partition coefficient (Wildman–Crippen LogP) is 4.45. The Morgan fingerprint density at radius 1 is 1.18 bits per heavy atom. The maximum atomic E-state index is 13.5. The highest BCUT2D eigenvalue weighted by molar-refractivity contribution is 8.01. The maximum absolute atomic E-state index is 13.5. The Labute approximate surface area is 198 Å². The van der Waals surface area contributed by atoms with E-state index in [0.29, 0.717) is 43.3 Å². The maximum Gasteiger partial charge on any atom is 0.264 e. The molecular weight excluding hydrogens is 463 g/mol. The van der Waals surface area contributed by atoms with Crippen LogP contribution in [0, 0.1) is 11.7 Å². The molecule has 9 heteroatoms. The van der Waals surface area contributed by atoms with Crippen LogP contribution in [-0.2, 0) is 14.8 Å². The monoisotopic (exact) mass is 492 g/mol. The van der Waals surface area contributed by atoms with Gasteiger partial charge in [0, 0.05) is 41.5 Å². The van der Waals surface area contributed by atoms with Gasteiger partial charge >= 0.3 is 0 Å². The molecule has 2 aromatic rings. The van der Waals surface area contributed by atoms with Crippen LogP contribution in [0.3, 0.4) is 0 Å². The van der Waals surface area contributed by atoms with Crippen molar-refractivity contribution in [2.45, 2.75) is 47.6 Å². The van der Waals surface area contributed by atoms with Gasteiger partial charge in [-0.25, -0.2) is 12.8 Å². The third kappa shape index (κ3) is 5.53. The summed E-state index contributed by atoms with van der Waals surface area (Å²) in [6.07, 6.45) is 2.46. The van der Waals surface area contributed by atoms with Gasteiger partial charge in [0.1, 0.15) is 5.82 Å².